The summed E-state index contributed by atoms with van der Waals surface area (Å²) < 4.78 is 5.23. The minimum Gasteiger partial charge on any atom is -0.378 e. The first-order valence-electron chi connectivity index (χ1n) is 7.70. The summed E-state index contributed by atoms with van der Waals surface area (Å²) in [6, 6.07) is 7.13. The van der Waals surface area contributed by atoms with Gasteiger partial charge in [0.25, 0.3) is 5.91 Å². The van der Waals surface area contributed by atoms with Gasteiger partial charge in [-0.15, -0.1) is 0 Å². The molecule has 1 N–H and O–H groups in total. The number of benzene rings is 1. The summed E-state index contributed by atoms with van der Waals surface area (Å²) in [6.07, 6.45) is 2.96. The third-order valence-electron chi connectivity index (χ3n) is 3.71. The van der Waals surface area contributed by atoms with E-state index in [1.165, 1.54) is 19.3 Å². The molecule has 1 saturated heterocycles. The standard InChI is InChI=1S/C17H18N4O3/c1-12(22)13-3-2-4-14(9-13)20-16-11-18-15(10-19-16)17(23)21-5-7-24-8-6-21/h2-4,9-11H,5-8H2,1H3,(H,19,20). The van der Waals surface area contributed by atoms with Gasteiger partial charge in [-0.1, -0.05) is 12.1 Å². The molecule has 0 spiro atoms. The van der Waals surface area contributed by atoms with Crippen LogP contribution in [0.2, 0.25) is 0 Å². The van der Waals surface area contributed by atoms with Crippen LogP contribution in [0.15, 0.2) is 36.7 Å². The number of ether oxygens (including phenoxy) is 1. The average molecular weight is 326 g/mol. The molecule has 1 aliphatic rings. The van der Waals surface area contributed by atoms with E-state index in [-0.39, 0.29) is 11.7 Å². The van der Waals surface area contributed by atoms with Crippen LogP contribution in [0.5, 0.6) is 0 Å². The van der Waals surface area contributed by atoms with E-state index in [0.29, 0.717) is 43.4 Å². The second kappa shape index (κ2) is 7.18. The van der Waals surface area contributed by atoms with Gasteiger partial charge in [0.1, 0.15) is 11.5 Å². The number of nitrogens with one attached hydrogen (secondary N) is 1. The van der Waals surface area contributed by atoms with Crippen LogP contribution in [0, 0.1) is 0 Å². The number of nitrogens with zero attached hydrogens (tertiary/aromatic N) is 3. The molecule has 0 bridgehead atoms. The Labute approximate surface area is 139 Å². The van der Waals surface area contributed by atoms with Gasteiger partial charge in [-0.05, 0) is 19.1 Å². The SMILES string of the molecule is CC(=O)c1cccc(Nc2cnc(C(=O)N3CCOCC3)cn2)c1. The lowest BCUT2D eigenvalue weighted by Crippen LogP contribution is -2.41. The molecule has 24 heavy (non-hydrogen) atoms. The smallest absolute Gasteiger partial charge is 0.274 e. The van der Waals surface area contributed by atoms with Crippen molar-refractivity contribution < 1.29 is 14.3 Å². The highest BCUT2D eigenvalue weighted by molar-refractivity contribution is 5.95. The van der Waals surface area contributed by atoms with Crippen molar-refractivity contribution in [3.63, 3.8) is 0 Å². The summed E-state index contributed by atoms with van der Waals surface area (Å²) in [5.74, 6) is 0.362. The van der Waals surface area contributed by atoms with Crippen molar-refractivity contribution in [2.75, 3.05) is 31.6 Å². The second-order valence-corrected chi connectivity index (χ2v) is 5.45. The maximum Gasteiger partial charge on any atom is 0.274 e. The van der Waals surface area contributed by atoms with Gasteiger partial charge in [0.15, 0.2) is 5.78 Å². The van der Waals surface area contributed by atoms with Gasteiger partial charge in [0.2, 0.25) is 0 Å². The minimum atomic E-state index is -0.143. The minimum absolute atomic E-state index is 0.00353. The van der Waals surface area contributed by atoms with E-state index in [1.807, 2.05) is 6.07 Å². The summed E-state index contributed by atoms with van der Waals surface area (Å²) in [5.41, 5.74) is 1.66. The Balaban J connectivity index is 1.69. The zero-order valence-electron chi connectivity index (χ0n) is 13.4. The lowest BCUT2D eigenvalue weighted by atomic mass is 10.1. The molecule has 1 aliphatic heterocycles. The van der Waals surface area contributed by atoms with Crippen molar-refractivity contribution in [1.82, 2.24) is 14.9 Å². The largest absolute Gasteiger partial charge is 0.378 e. The van der Waals surface area contributed by atoms with Gasteiger partial charge < -0.3 is 15.0 Å². The maximum atomic E-state index is 12.3. The Hall–Kier alpha value is -2.80. The Morgan fingerprint density at radius 1 is 1.17 bits per heavy atom. The van der Waals surface area contributed by atoms with Gasteiger partial charge in [0, 0.05) is 24.3 Å². The van der Waals surface area contributed by atoms with E-state index in [9.17, 15) is 9.59 Å². The number of carbonyl (C=O) groups is 2. The van der Waals surface area contributed by atoms with Crippen molar-refractivity contribution in [2.45, 2.75) is 6.92 Å². The molecule has 0 atom stereocenters. The quantitative estimate of drug-likeness (QED) is 0.864. The van der Waals surface area contributed by atoms with Crippen LogP contribution in [-0.4, -0.2) is 52.9 Å². The molecular formula is C17H18N4O3. The molecule has 3 rings (SSSR count). The Morgan fingerprint density at radius 2 is 1.96 bits per heavy atom. The number of morpholine rings is 1. The van der Waals surface area contributed by atoms with Crippen LogP contribution >= 0.6 is 0 Å². The monoisotopic (exact) mass is 326 g/mol. The predicted molar refractivity (Wildman–Crippen MR) is 88.5 cm³/mol. The van der Waals surface area contributed by atoms with E-state index in [2.05, 4.69) is 15.3 Å². The lowest BCUT2D eigenvalue weighted by Gasteiger charge is -2.26. The number of hydrogen-bond acceptors (Lipinski definition) is 6. The van der Waals surface area contributed by atoms with E-state index in [0.717, 1.165) is 5.69 Å². The van der Waals surface area contributed by atoms with Gasteiger partial charge in [-0.3, -0.25) is 9.59 Å². The first-order chi connectivity index (χ1) is 11.6. The maximum absolute atomic E-state index is 12.3. The van der Waals surface area contributed by atoms with Crippen LogP contribution in [0.1, 0.15) is 27.8 Å². The summed E-state index contributed by atoms with van der Waals surface area (Å²) in [5, 5.41) is 3.07. The fourth-order valence-corrected chi connectivity index (χ4v) is 2.40. The lowest BCUT2D eigenvalue weighted by molar-refractivity contribution is 0.0298. The number of amides is 1. The summed E-state index contributed by atoms with van der Waals surface area (Å²) in [7, 11) is 0. The molecule has 0 unspecified atom stereocenters. The highest BCUT2D eigenvalue weighted by Gasteiger charge is 2.19. The molecule has 124 valence electrons. The first-order valence-corrected chi connectivity index (χ1v) is 7.70. The highest BCUT2D eigenvalue weighted by Crippen LogP contribution is 2.16. The molecule has 2 heterocycles. The molecule has 0 radical (unpaired) electrons. The highest BCUT2D eigenvalue weighted by atomic mass is 16.5. The average Bonchev–Trinajstić information content (AvgIpc) is 2.63. The zero-order chi connectivity index (χ0) is 16.9. The van der Waals surface area contributed by atoms with Crippen molar-refractivity contribution in [3.8, 4) is 0 Å². The van der Waals surface area contributed by atoms with Crippen LogP contribution < -0.4 is 5.32 Å². The molecule has 7 nitrogen and oxygen atoms in total. The molecule has 0 aliphatic carbocycles. The number of rotatable bonds is 4. The number of aromatic nitrogens is 2. The number of hydrogen-bond donors (Lipinski definition) is 1. The fourth-order valence-electron chi connectivity index (χ4n) is 2.40. The van der Waals surface area contributed by atoms with Crippen molar-refractivity contribution in [2.24, 2.45) is 0 Å². The summed E-state index contributed by atoms with van der Waals surface area (Å²) >= 11 is 0. The van der Waals surface area contributed by atoms with Crippen LogP contribution in [0.4, 0.5) is 11.5 Å². The molecule has 7 heteroatoms. The Kier molecular flexibility index (Phi) is 4.81. The van der Waals surface area contributed by atoms with Crippen molar-refractivity contribution in [1.29, 1.82) is 0 Å². The second-order valence-electron chi connectivity index (χ2n) is 5.45. The molecule has 1 aromatic heterocycles. The van der Waals surface area contributed by atoms with Crippen LogP contribution in [0.25, 0.3) is 0 Å². The van der Waals surface area contributed by atoms with Gasteiger partial charge in [-0.2, -0.15) is 0 Å². The van der Waals surface area contributed by atoms with Gasteiger partial charge >= 0.3 is 0 Å². The summed E-state index contributed by atoms with van der Waals surface area (Å²) in [4.78, 5) is 33.8. The van der Waals surface area contributed by atoms with Crippen LogP contribution in [0.3, 0.4) is 0 Å². The van der Waals surface area contributed by atoms with Crippen molar-refractivity contribution in [3.05, 3.63) is 47.9 Å². The molecular weight excluding hydrogens is 308 g/mol. The predicted octanol–water partition coefficient (Wildman–Crippen LogP) is 1.90. The van der Waals surface area contributed by atoms with E-state index in [4.69, 9.17) is 4.74 Å². The fraction of sp³-hybridized carbons (Fsp3) is 0.294. The molecule has 2 aromatic rings. The number of Topliss-reactive ketones (excluding diaryl/α,β-unsaturated/α-hetero) is 1. The molecule has 0 saturated carbocycles. The number of anilines is 2. The molecule has 1 fully saturated rings. The van der Waals surface area contributed by atoms with Crippen LogP contribution in [-0.2, 0) is 4.74 Å². The molecule has 1 aromatic carbocycles. The van der Waals surface area contributed by atoms with Gasteiger partial charge in [-0.25, -0.2) is 9.97 Å². The Morgan fingerprint density at radius 3 is 2.62 bits per heavy atom. The van der Waals surface area contributed by atoms with Crippen molar-refractivity contribution >= 4 is 23.2 Å². The third-order valence-corrected chi connectivity index (χ3v) is 3.71. The van der Waals surface area contributed by atoms with E-state index in [1.54, 1.807) is 23.1 Å². The zero-order valence-corrected chi connectivity index (χ0v) is 13.4. The summed E-state index contributed by atoms with van der Waals surface area (Å²) in [6.45, 7) is 3.75. The molecule has 1 amide bonds. The van der Waals surface area contributed by atoms with Gasteiger partial charge in [0.05, 0.1) is 25.6 Å². The topological polar surface area (TPSA) is 84.4 Å². The van der Waals surface area contributed by atoms with E-state index < -0.39 is 0 Å². The first kappa shape index (κ1) is 16.1. The normalized spacial score (nSPS) is 14.3. The third kappa shape index (κ3) is 3.75. The number of ketones is 1. The number of carbonyl (C=O) groups excluding carboxylic acids is 2. The Bertz CT molecular complexity index is 740. The van der Waals surface area contributed by atoms with E-state index >= 15 is 0 Å².